The van der Waals surface area contributed by atoms with Gasteiger partial charge < -0.3 is 14.7 Å². The van der Waals surface area contributed by atoms with Gasteiger partial charge in [0.05, 0.1) is 5.52 Å². The molecule has 1 N–H and O–H groups in total. The van der Waals surface area contributed by atoms with Crippen molar-refractivity contribution in [2.75, 3.05) is 27.4 Å². The van der Waals surface area contributed by atoms with Crippen LogP contribution in [0, 0.1) is 5.92 Å². The molecule has 150 valence electrons. The third-order valence-corrected chi connectivity index (χ3v) is 5.30. The van der Waals surface area contributed by atoms with Crippen molar-refractivity contribution < 1.29 is 14.2 Å². The highest BCUT2D eigenvalue weighted by Gasteiger charge is 2.22. The molecule has 0 spiro atoms. The number of likely N-dealkylation sites (N-methyl/N-ethyl adjacent to an activating group) is 1. The standard InChI is InChI=1S/C23H29FN2O2/c1-4-16-5-7-18(26(2)3)8-10-21(16)23-11-6-17-13-20(9-12-22(17)25-23)28-15-19(27)14-24/h6-13,16,19,21,27H,4-5,14-15H2,1-3H3. The van der Waals surface area contributed by atoms with Crippen LogP contribution in [0.4, 0.5) is 4.39 Å². The number of rotatable bonds is 7. The van der Waals surface area contributed by atoms with E-state index in [0.717, 1.165) is 29.4 Å². The Morgan fingerprint density at radius 3 is 2.82 bits per heavy atom. The van der Waals surface area contributed by atoms with Gasteiger partial charge in [0.2, 0.25) is 0 Å². The van der Waals surface area contributed by atoms with Gasteiger partial charge in [0.25, 0.3) is 0 Å². The topological polar surface area (TPSA) is 45.6 Å². The number of allylic oxidation sites excluding steroid dienone is 3. The summed E-state index contributed by atoms with van der Waals surface area (Å²) >= 11 is 0. The summed E-state index contributed by atoms with van der Waals surface area (Å²) in [4.78, 5) is 7.05. The third kappa shape index (κ3) is 4.71. The molecule has 0 bridgehead atoms. The van der Waals surface area contributed by atoms with Crippen LogP contribution in [0.2, 0.25) is 0 Å². The van der Waals surface area contributed by atoms with Crippen LogP contribution in [0.15, 0.2) is 54.3 Å². The number of fused-ring (bicyclic) bond motifs is 1. The van der Waals surface area contributed by atoms with Crippen LogP contribution in [0.1, 0.15) is 31.4 Å². The number of alkyl halides is 1. The van der Waals surface area contributed by atoms with Gasteiger partial charge in [0, 0.05) is 36.8 Å². The molecule has 0 saturated heterocycles. The monoisotopic (exact) mass is 384 g/mol. The van der Waals surface area contributed by atoms with E-state index in [1.165, 1.54) is 5.70 Å². The Kier molecular flexibility index (Phi) is 6.68. The molecule has 1 aliphatic carbocycles. The lowest BCUT2D eigenvalue weighted by molar-refractivity contribution is 0.0842. The summed E-state index contributed by atoms with van der Waals surface area (Å²) < 4.78 is 17.8. The number of halogens is 1. The number of hydrogen-bond donors (Lipinski definition) is 1. The minimum Gasteiger partial charge on any atom is -0.491 e. The summed E-state index contributed by atoms with van der Waals surface area (Å²) in [7, 11) is 4.13. The van der Waals surface area contributed by atoms with Crippen molar-refractivity contribution in [3.8, 4) is 5.75 Å². The second-order valence-corrected chi connectivity index (χ2v) is 7.52. The van der Waals surface area contributed by atoms with E-state index in [9.17, 15) is 9.50 Å². The van der Waals surface area contributed by atoms with Gasteiger partial charge in [-0.05, 0) is 42.7 Å². The fourth-order valence-corrected chi connectivity index (χ4v) is 3.57. The van der Waals surface area contributed by atoms with Crippen LogP contribution < -0.4 is 4.74 Å². The van der Waals surface area contributed by atoms with Crippen molar-refractivity contribution in [3.05, 3.63) is 60.0 Å². The van der Waals surface area contributed by atoms with Crippen LogP contribution in [0.5, 0.6) is 5.75 Å². The summed E-state index contributed by atoms with van der Waals surface area (Å²) in [6.45, 7) is 1.37. The predicted octanol–water partition coefficient (Wildman–Crippen LogP) is 4.46. The molecule has 0 radical (unpaired) electrons. The number of ether oxygens (including phenoxy) is 1. The Morgan fingerprint density at radius 1 is 1.29 bits per heavy atom. The first kappa shape index (κ1) is 20.3. The van der Waals surface area contributed by atoms with E-state index in [-0.39, 0.29) is 12.5 Å². The summed E-state index contributed by atoms with van der Waals surface area (Å²) in [6.07, 6.45) is 7.81. The molecule has 4 nitrogen and oxygen atoms in total. The van der Waals surface area contributed by atoms with Crippen LogP contribution >= 0.6 is 0 Å². The van der Waals surface area contributed by atoms with Crippen molar-refractivity contribution >= 4 is 10.9 Å². The SMILES string of the molecule is CCC1CC=C(N(C)C)C=CC1c1ccc2cc(OCC(O)CF)ccc2n1. The average molecular weight is 384 g/mol. The maximum Gasteiger partial charge on any atom is 0.120 e. The third-order valence-electron chi connectivity index (χ3n) is 5.30. The van der Waals surface area contributed by atoms with Gasteiger partial charge in [-0.3, -0.25) is 4.98 Å². The van der Waals surface area contributed by atoms with E-state index in [0.29, 0.717) is 11.7 Å². The first-order valence-corrected chi connectivity index (χ1v) is 9.85. The summed E-state index contributed by atoms with van der Waals surface area (Å²) in [5.74, 6) is 1.40. The largest absolute Gasteiger partial charge is 0.491 e. The zero-order chi connectivity index (χ0) is 20.1. The van der Waals surface area contributed by atoms with Crippen LogP contribution in [0.3, 0.4) is 0 Å². The molecule has 1 aliphatic rings. The Labute approximate surface area is 166 Å². The Balaban J connectivity index is 1.84. The molecule has 0 amide bonds. The zero-order valence-corrected chi connectivity index (χ0v) is 16.8. The van der Waals surface area contributed by atoms with Gasteiger partial charge in [-0.25, -0.2) is 4.39 Å². The highest BCUT2D eigenvalue weighted by atomic mass is 19.1. The molecule has 3 unspecified atom stereocenters. The molecule has 2 aromatic rings. The van der Waals surface area contributed by atoms with Crippen molar-refractivity contribution in [1.29, 1.82) is 0 Å². The van der Waals surface area contributed by atoms with Gasteiger partial charge in [0.15, 0.2) is 0 Å². The number of hydrogen-bond acceptors (Lipinski definition) is 4. The van der Waals surface area contributed by atoms with Gasteiger partial charge in [-0.15, -0.1) is 0 Å². The van der Waals surface area contributed by atoms with E-state index < -0.39 is 12.8 Å². The molecular weight excluding hydrogens is 355 g/mol. The fourth-order valence-electron chi connectivity index (χ4n) is 3.57. The van der Waals surface area contributed by atoms with Gasteiger partial charge >= 0.3 is 0 Å². The molecule has 1 aromatic heterocycles. The molecule has 28 heavy (non-hydrogen) atoms. The highest BCUT2D eigenvalue weighted by molar-refractivity contribution is 5.80. The van der Waals surface area contributed by atoms with E-state index >= 15 is 0 Å². The molecule has 3 atom stereocenters. The maximum absolute atomic E-state index is 12.4. The van der Waals surface area contributed by atoms with E-state index in [2.05, 4.69) is 56.3 Å². The average Bonchev–Trinajstić information content (AvgIpc) is 2.94. The normalized spacial score (nSPS) is 20.5. The number of nitrogens with zero attached hydrogens (tertiary/aromatic N) is 2. The number of aliphatic hydroxyl groups excluding tert-OH is 1. The lowest BCUT2D eigenvalue weighted by Crippen LogP contribution is -2.19. The fraction of sp³-hybridized carbons (Fsp3) is 0.435. The number of aliphatic hydroxyl groups is 1. The predicted molar refractivity (Wildman–Crippen MR) is 111 cm³/mol. The Bertz CT molecular complexity index is 863. The van der Waals surface area contributed by atoms with E-state index in [1.807, 2.05) is 18.2 Å². The van der Waals surface area contributed by atoms with Crippen molar-refractivity contribution in [2.24, 2.45) is 5.92 Å². The smallest absolute Gasteiger partial charge is 0.120 e. The molecule has 0 aliphatic heterocycles. The summed E-state index contributed by atoms with van der Waals surface area (Å²) in [6, 6.07) is 9.75. The zero-order valence-electron chi connectivity index (χ0n) is 16.8. The van der Waals surface area contributed by atoms with E-state index in [4.69, 9.17) is 9.72 Å². The van der Waals surface area contributed by atoms with Crippen molar-refractivity contribution in [1.82, 2.24) is 9.88 Å². The number of aromatic nitrogens is 1. The van der Waals surface area contributed by atoms with Gasteiger partial charge in [0.1, 0.15) is 25.1 Å². The second-order valence-electron chi connectivity index (χ2n) is 7.52. The molecule has 5 heteroatoms. The molecular formula is C23H29FN2O2. The van der Waals surface area contributed by atoms with Gasteiger partial charge in [-0.1, -0.05) is 31.6 Å². The Hall–Kier alpha value is -2.40. The van der Waals surface area contributed by atoms with Crippen LogP contribution in [0.25, 0.3) is 10.9 Å². The van der Waals surface area contributed by atoms with E-state index in [1.54, 1.807) is 0 Å². The lowest BCUT2D eigenvalue weighted by Gasteiger charge is -2.21. The summed E-state index contributed by atoms with van der Waals surface area (Å²) in [5.41, 5.74) is 3.22. The molecule has 1 heterocycles. The van der Waals surface area contributed by atoms with Crippen molar-refractivity contribution in [2.45, 2.75) is 31.8 Å². The minimum atomic E-state index is -1.09. The highest BCUT2D eigenvalue weighted by Crippen LogP contribution is 2.34. The first-order valence-electron chi connectivity index (χ1n) is 9.85. The minimum absolute atomic E-state index is 0.0558. The summed E-state index contributed by atoms with van der Waals surface area (Å²) in [5, 5.41) is 10.3. The first-order chi connectivity index (χ1) is 13.5. The molecule has 0 saturated carbocycles. The molecule has 1 aromatic carbocycles. The Morgan fingerprint density at radius 2 is 2.11 bits per heavy atom. The van der Waals surface area contributed by atoms with Crippen LogP contribution in [-0.4, -0.2) is 48.5 Å². The van der Waals surface area contributed by atoms with Crippen molar-refractivity contribution in [3.63, 3.8) is 0 Å². The quantitative estimate of drug-likeness (QED) is 0.766. The lowest BCUT2D eigenvalue weighted by atomic mass is 9.85. The molecule has 0 fully saturated rings. The van der Waals surface area contributed by atoms with Gasteiger partial charge in [-0.2, -0.15) is 0 Å². The second kappa shape index (κ2) is 9.20. The maximum atomic E-state index is 12.4. The number of benzene rings is 1. The van der Waals surface area contributed by atoms with Crippen LogP contribution in [-0.2, 0) is 0 Å². The molecule has 3 rings (SSSR count). The number of pyridine rings is 1.